The molecule has 106 valence electrons. The Labute approximate surface area is 122 Å². The molecule has 0 radical (unpaired) electrons. The molecule has 2 rings (SSSR count). The molecule has 0 saturated heterocycles. The second-order valence-electron chi connectivity index (χ2n) is 5.50. The predicted octanol–water partition coefficient (Wildman–Crippen LogP) is 3.54. The number of hydrogen-bond donors (Lipinski definition) is 1. The number of aromatic nitrogens is 1. The Balaban J connectivity index is 1.65. The second kappa shape index (κ2) is 7.81. The molecule has 2 heteroatoms. The lowest BCUT2D eigenvalue weighted by atomic mass is 10.1. The minimum Gasteiger partial charge on any atom is -0.314 e. The van der Waals surface area contributed by atoms with Gasteiger partial charge in [-0.05, 0) is 62.9 Å². The van der Waals surface area contributed by atoms with E-state index < -0.39 is 0 Å². The van der Waals surface area contributed by atoms with E-state index in [1.807, 2.05) is 12.4 Å². The SMILES string of the molecule is Cc1ccc(CC(C)NCCCc2ccncc2)cc1. The first-order chi connectivity index (χ1) is 9.74. The van der Waals surface area contributed by atoms with Crippen molar-refractivity contribution in [1.29, 1.82) is 0 Å². The third kappa shape index (κ3) is 5.14. The van der Waals surface area contributed by atoms with E-state index in [1.54, 1.807) is 0 Å². The maximum absolute atomic E-state index is 4.04. The van der Waals surface area contributed by atoms with E-state index in [0.29, 0.717) is 6.04 Å². The van der Waals surface area contributed by atoms with Gasteiger partial charge in [0.05, 0.1) is 0 Å². The first-order valence-corrected chi connectivity index (χ1v) is 7.42. The molecular formula is C18H24N2. The van der Waals surface area contributed by atoms with Crippen LogP contribution >= 0.6 is 0 Å². The average Bonchev–Trinajstić information content (AvgIpc) is 2.47. The predicted molar refractivity (Wildman–Crippen MR) is 84.9 cm³/mol. The van der Waals surface area contributed by atoms with Gasteiger partial charge >= 0.3 is 0 Å². The zero-order valence-electron chi connectivity index (χ0n) is 12.5. The Morgan fingerprint density at radius 1 is 1.00 bits per heavy atom. The Bertz CT molecular complexity index is 491. The molecule has 1 unspecified atom stereocenters. The standard InChI is InChI=1S/C18H24N2/c1-15-5-7-18(8-6-15)14-16(2)20-11-3-4-17-9-12-19-13-10-17/h5-10,12-13,16,20H,3-4,11,14H2,1-2H3. The van der Waals surface area contributed by atoms with E-state index in [0.717, 1.165) is 19.4 Å². The van der Waals surface area contributed by atoms with Crippen LogP contribution in [-0.4, -0.2) is 17.6 Å². The van der Waals surface area contributed by atoms with Crippen LogP contribution in [0.2, 0.25) is 0 Å². The van der Waals surface area contributed by atoms with Crippen LogP contribution in [0.25, 0.3) is 0 Å². The zero-order chi connectivity index (χ0) is 14.2. The molecule has 0 amide bonds. The van der Waals surface area contributed by atoms with E-state index in [4.69, 9.17) is 0 Å². The number of nitrogens with zero attached hydrogens (tertiary/aromatic N) is 1. The lowest BCUT2D eigenvalue weighted by Gasteiger charge is -2.14. The maximum atomic E-state index is 4.04. The topological polar surface area (TPSA) is 24.9 Å². The van der Waals surface area contributed by atoms with Gasteiger partial charge in [0.25, 0.3) is 0 Å². The number of rotatable bonds is 7. The summed E-state index contributed by atoms with van der Waals surface area (Å²) < 4.78 is 0. The fraction of sp³-hybridized carbons (Fsp3) is 0.389. The van der Waals surface area contributed by atoms with Crippen LogP contribution < -0.4 is 5.32 Å². The van der Waals surface area contributed by atoms with Gasteiger partial charge in [-0.3, -0.25) is 4.98 Å². The highest BCUT2D eigenvalue weighted by molar-refractivity contribution is 5.21. The lowest BCUT2D eigenvalue weighted by molar-refractivity contribution is 0.534. The third-order valence-corrected chi connectivity index (χ3v) is 3.55. The molecule has 0 spiro atoms. The molecule has 1 aromatic heterocycles. The minimum atomic E-state index is 0.523. The summed E-state index contributed by atoms with van der Waals surface area (Å²) in [6.07, 6.45) is 7.11. The summed E-state index contributed by atoms with van der Waals surface area (Å²) in [5.74, 6) is 0. The zero-order valence-corrected chi connectivity index (χ0v) is 12.5. The van der Waals surface area contributed by atoms with Gasteiger partial charge in [-0.15, -0.1) is 0 Å². The fourth-order valence-corrected chi connectivity index (χ4v) is 2.34. The van der Waals surface area contributed by atoms with Crippen molar-refractivity contribution < 1.29 is 0 Å². The lowest BCUT2D eigenvalue weighted by Crippen LogP contribution is -2.29. The molecule has 0 aliphatic carbocycles. The van der Waals surface area contributed by atoms with Crippen LogP contribution in [0.1, 0.15) is 30.0 Å². The maximum Gasteiger partial charge on any atom is 0.0270 e. The summed E-state index contributed by atoms with van der Waals surface area (Å²) >= 11 is 0. The van der Waals surface area contributed by atoms with Gasteiger partial charge in [0.15, 0.2) is 0 Å². The van der Waals surface area contributed by atoms with Crippen LogP contribution in [0.15, 0.2) is 48.8 Å². The van der Waals surface area contributed by atoms with Crippen LogP contribution in [0.5, 0.6) is 0 Å². The molecule has 0 aliphatic rings. The van der Waals surface area contributed by atoms with Crippen molar-refractivity contribution in [3.05, 3.63) is 65.5 Å². The molecule has 1 heterocycles. The number of aryl methyl sites for hydroxylation is 2. The highest BCUT2D eigenvalue weighted by Crippen LogP contribution is 2.06. The normalized spacial score (nSPS) is 12.3. The second-order valence-corrected chi connectivity index (χ2v) is 5.50. The summed E-state index contributed by atoms with van der Waals surface area (Å²) in [5, 5.41) is 3.60. The molecule has 1 atom stereocenters. The molecule has 2 nitrogen and oxygen atoms in total. The van der Waals surface area contributed by atoms with E-state index in [1.165, 1.54) is 23.1 Å². The van der Waals surface area contributed by atoms with Crippen molar-refractivity contribution in [2.75, 3.05) is 6.54 Å². The van der Waals surface area contributed by atoms with Gasteiger partial charge in [0, 0.05) is 18.4 Å². The molecule has 0 saturated carbocycles. The minimum absolute atomic E-state index is 0.523. The van der Waals surface area contributed by atoms with Crippen molar-refractivity contribution in [2.45, 2.75) is 39.2 Å². The molecule has 1 N–H and O–H groups in total. The van der Waals surface area contributed by atoms with E-state index in [-0.39, 0.29) is 0 Å². The van der Waals surface area contributed by atoms with Crippen molar-refractivity contribution in [3.8, 4) is 0 Å². The molecule has 20 heavy (non-hydrogen) atoms. The van der Waals surface area contributed by atoms with Crippen molar-refractivity contribution in [3.63, 3.8) is 0 Å². The number of nitrogens with one attached hydrogen (secondary N) is 1. The molecule has 0 aliphatic heterocycles. The van der Waals surface area contributed by atoms with Gasteiger partial charge in [-0.2, -0.15) is 0 Å². The highest BCUT2D eigenvalue weighted by Gasteiger charge is 2.02. The summed E-state index contributed by atoms with van der Waals surface area (Å²) in [7, 11) is 0. The monoisotopic (exact) mass is 268 g/mol. The average molecular weight is 268 g/mol. The summed E-state index contributed by atoms with van der Waals surface area (Å²) in [4.78, 5) is 4.04. The van der Waals surface area contributed by atoms with Crippen LogP contribution in [-0.2, 0) is 12.8 Å². The summed E-state index contributed by atoms with van der Waals surface area (Å²) in [6, 6.07) is 13.5. The van der Waals surface area contributed by atoms with Crippen LogP contribution in [0.4, 0.5) is 0 Å². The Morgan fingerprint density at radius 2 is 1.70 bits per heavy atom. The first-order valence-electron chi connectivity index (χ1n) is 7.42. The molecular weight excluding hydrogens is 244 g/mol. The van der Waals surface area contributed by atoms with Gasteiger partial charge < -0.3 is 5.32 Å². The summed E-state index contributed by atoms with van der Waals surface area (Å²) in [5.41, 5.74) is 4.10. The Kier molecular flexibility index (Phi) is 5.75. The number of benzene rings is 1. The van der Waals surface area contributed by atoms with Crippen molar-refractivity contribution in [2.24, 2.45) is 0 Å². The van der Waals surface area contributed by atoms with Crippen molar-refractivity contribution >= 4 is 0 Å². The quantitative estimate of drug-likeness (QED) is 0.777. The third-order valence-electron chi connectivity index (χ3n) is 3.55. The van der Waals surface area contributed by atoms with Gasteiger partial charge in [-0.25, -0.2) is 0 Å². The molecule has 1 aromatic carbocycles. The highest BCUT2D eigenvalue weighted by atomic mass is 14.9. The van der Waals surface area contributed by atoms with Gasteiger partial charge in [0.2, 0.25) is 0 Å². The molecule has 0 fully saturated rings. The van der Waals surface area contributed by atoms with E-state index >= 15 is 0 Å². The first kappa shape index (κ1) is 14.7. The smallest absolute Gasteiger partial charge is 0.0270 e. The Hall–Kier alpha value is -1.67. The van der Waals surface area contributed by atoms with Gasteiger partial charge in [0.1, 0.15) is 0 Å². The summed E-state index contributed by atoms with van der Waals surface area (Å²) in [6.45, 7) is 5.45. The number of hydrogen-bond acceptors (Lipinski definition) is 2. The van der Waals surface area contributed by atoms with Crippen LogP contribution in [0.3, 0.4) is 0 Å². The number of pyridine rings is 1. The molecule has 2 aromatic rings. The largest absolute Gasteiger partial charge is 0.314 e. The fourth-order valence-electron chi connectivity index (χ4n) is 2.34. The van der Waals surface area contributed by atoms with Crippen LogP contribution in [0, 0.1) is 6.92 Å². The van der Waals surface area contributed by atoms with Gasteiger partial charge in [-0.1, -0.05) is 29.8 Å². The molecule has 0 bridgehead atoms. The van der Waals surface area contributed by atoms with E-state index in [2.05, 4.69) is 60.5 Å². The Morgan fingerprint density at radius 3 is 2.40 bits per heavy atom. The van der Waals surface area contributed by atoms with Crippen molar-refractivity contribution in [1.82, 2.24) is 10.3 Å². The van der Waals surface area contributed by atoms with E-state index in [9.17, 15) is 0 Å².